The van der Waals surface area contributed by atoms with Crippen LogP contribution in [0, 0.1) is 0 Å². The van der Waals surface area contributed by atoms with Crippen LogP contribution < -0.4 is 0 Å². The monoisotopic (exact) mass is 454 g/mol. The van der Waals surface area contributed by atoms with Crippen molar-refractivity contribution in [2.75, 3.05) is 39.3 Å². The first-order chi connectivity index (χ1) is 16.7. The van der Waals surface area contributed by atoms with E-state index in [0.29, 0.717) is 13.1 Å². The molecule has 0 aromatic heterocycles. The lowest BCUT2D eigenvalue weighted by Crippen LogP contribution is -2.48. The average molecular weight is 455 g/mol. The number of aliphatic imine (C=N–C) groups is 1. The summed E-state index contributed by atoms with van der Waals surface area (Å²) in [5.41, 5.74) is 4.05. The first-order valence-corrected chi connectivity index (χ1v) is 12.2. The number of piperazine rings is 1. The van der Waals surface area contributed by atoms with Crippen LogP contribution in [-0.4, -0.2) is 65.7 Å². The van der Waals surface area contributed by atoms with Crippen LogP contribution in [0.25, 0.3) is 0 Å². The quantitative estimate of drug-likeness (QED) is 0.370. The van der Waals surface area contributed by atoms with Gasteiger partial charge in [0.15, 0.2) is 0 Å². The molecule has 0 spiro atoms. The second-order valence-corrected chi connectivity index (χ2v) is 8.57. The summed E-state index contributed by atoms with van der Waals surface area (Å²) in [6, 6.07) is 28.7. The molecule has 0 aliphatic carbocycles. The van der Waals surface area contributed by atoms with E-state index in [-0.39, 0.29) is 5.91 Å². The van der Waals surface area contributed by atoms with E-state index >= 15 is 0 Å². The third-order valence-corrected chi connectivity index (χ3v) is 6.35. The summed E-state index contributed by atoms with van der Waals surface area (Å²) >= 11 is 0. The molecule has 0 saturated carbocycles. The number of hydrogen-bond donors (Lipinski definition) is 0. The van der Waals surface area contributed by atoms with Gasteiger partial charge in [0.2, 0.25) is 0 Å². The minimum absolute atomic E-state index is 0.0765. The Kier molecular flexibility index (Phi) is 8.10. The standard InChI is InChI=1S/C29H34N4O/c1-3-32(4-2)29(34)26-17-15-25(16-18-26)28(30-27-13-9-6-10-14-27)33-21-19-31(20-22-33)23-24-11-7-5-8-12-24/h5-18H,3-4,19-23H2,1-2H3/b30-28-. The number of amidine groups is 1. The van der Waals surface area contributed by atoms with Gasteiger partial charge in [-0.15, -0.1) is 0 Å². The number of amides is 1. The van der Waals surface area contributed by atoms with Gasteiger partial charge >= 0.3 is 0 Å². The van der Waals surface area contributed by atoms with E-state index in [2.05, 4.69) is 40.1 Å². The molecule has 3 aromatic rings. The molecule has 1 amide bonds. The highest BCUT2D eigenvalue weighted by Crippen LogP contribution is 2.19. The topological polar surface area (TPSA) is 39.2 Å². The van der Waals surface area contributed by atoms with Crippen LogP contribution in [0.2, 0.25) is 0 Å². The summed E-state index contributed by atoms with van der Waals surface area (Å²) < 4.78 is 0. The third kappa shape index (κ3) is 5.91. The van der Waals surface area contributed by atoms with Gasteiger partial charge in [-0.05, 0) is 43.7 Å². The number of para-hydroxylation sites is 1. The lowest BCUT2D eigenvalue weighted by Gasteiger charge is -2.36. The van der Waals surface area contributed by atoms with E-state index in [4.69, 9.17) is 4.99 Å². The summed E-state index contributed by atoms with van der Waals surface area (Å²) in [5, 5.41) is 0. The zero-order valence-corrected chi connectivity index (χ0v) is 20.2. The van der Waals surface area contributed by atoms with Crippen LogP contribution in [0.1, 0.15) is 35.3 Å². The Morgan fingerprint density at radius 3 is 1.91 bits per heavy atom. The minimum atomic E-state index is 0.0765. The van der Waals surface area contributed by atoms with E-state index in [1.807, 2.05) is 73.3 Å². The van der Waals surface area contributed by atoms with Crippen LogP contribution in [0.15, 0.2) is 89.9 Å². The van der Waals surface area contributed by atoms with Gasteiger partial charge in [0.05, 0.1) is 5.69 Å². The highest BCUT2D eigenvalue weighted by molar-refractivity contribution is 6.01. The summed E-state index contributed by atoms with van der Waals surface area (Å²) in [4.78, 5) is 24.5. The summed E-state index contributed by atoms with van der Waals surface area (Å²) in [7, 11) is 0. The predicted molar refractivity (Wildman–Crippen MR) is 140 cm³/mol. The molecule has 1 aliphatic rings. The van der Waals surface area contributed by atoms with Crippen molar-refractivity contribution in [3.8, 4) is 0 Å². The first kappa shape index (κ1) is 23.7. The largest absolute Gasteiger partial charge is 0.354 e. The van der Waals surface area contributed by atoms with Crippen molar-refractivity contribution >= 4 is 17.4 Å². The maximum Gasteiger partial charge on any atom is 0.253 e. The van der Waals surface area contributed by atoms with Crippen molar-refractivity contribution < 1.29 is 4.79 Å². The molecule has 5 nitrogen and oxygen atoms in total. The fourth-order valence-corrected chi connectivity index (χ4v) is 4.36. The number of hydrogen-bond acceptors (Lipinski definition) is 3. The number of carbonyl (C=O) groups is 1. The number of carbonyl (C=O) groups excluding carboxylic acids is 1. The van der Waals surface area contributed by atoms with Gasteiger partial charge in [0, 0.05) is 56.9 Å². The third-order valence-electron chi connectivity index (χ3n) is 6.35. The van der Waals surface area contributed by atoms with Gasteiger partial charge in [-0.2, -0.15) is 0 Å². The Balaban J connectivity index is 1.53. The maximum atomic E-state index is 12.7. The lowest BCUT2D eigenvalue weighted by atomic mass is 10.1. The molecule has 1 fully saturated rings. The van der Waals surface area contributed by atoms with Crippen molar-refractivity contribution in [2.45, 2.75) is 20.4 Å². The Hall–Kier alpha value is -3.44. The van der Waals surface area contributed by atoms with Gasteiger partial charge in [-0.3, -0.25) is 9.69 Å². The SMILES string of the molecule is CCN(CC)C(=O)c1ccc(/C(=N/c2ccccc2)N2CCN(Cc3ccccc3)CC2)cc1. The summed E-state index contributed by atoms with van der Waals surface area (Å²) in [6.45, 7) is 10.2. The van der Waals surface area contributed by atoms with Crippen LogP contribution in [0.3, 0.4) is 0 Å². The van der Waals surface area contributed by atoms with E-state index in [9.17, 15) is 4.79 Å². The van der Waals surface area contributed by atoms with Gasteiger partial charge in [0.25, 0.3) is 5.91 Å². The van der Waals surface area contributed by atoms with Crippen molar-refractivity contribution in [3.05, 3.63) is 102 Å². The molecular formula is C29H34N4O. The molecular weight excluding hydrogens is 420 g/mol. The lowest BCUT2D eigenvalue weighted by molar-refractivity contribution is 0.0773. The second kappa shape index (κ2) is 11.6. The smallest absolute Gasteiger partial charge is 0.253 e. The summed E-state index contributed by atoms with van der Waals surface area (Å²) in [6.07, 6.45) is 0. The number of rotatable bonds is 7. The predicted octanol–water partition coefficient (Wildman–Crippen LogP) is 5.06. The van der Waals surface area contributed by atoms with Gasteiger partial charge in [-0.1, -0.05) is 60.7 Å². The van der Waals surface area contributed by atoms with Crippen LogP contribution in [0.5, 0.6) is 0 Å². The molecule has 0 atom stereocenters. The molecule has 1 heterocycles. The molecule has 176 valence electrons. The number of benzene rings is 3. The Morgan fingerprint density at radius 1 is 0.765 bits per heavy atom. The normalized spacial score (nSPS) is 14.8. The highest BCUT2D eigenvalue weighted by Gasteiger charge is 2.22. The van der Waals surface area contributed by atoms with Crippen LogP contribution in [-0.2, 0) is 6.54 Å². The van der Waals surface area contributed by atoms with Gasteiger partial charge in [0.1, 0.15) is 5.84 Å². The Bertz CT molecular complexity index is 1070. The molecule has 34 heavy (non-hydrogen) atoms. The molecule has 1 aliphatic heterocycles. The first-order valence-electron chi connectivity index (χ1n) is 12.2. The molecule has 3 aromatic carbocycles. The molecule has 5 heteroatoms. The van der Waals surface area contributed by atoms with E-state index in [1.165, 1.54) is 5.56 Å². The molecule has 0 bridgehead atoms. The zero-order valence-electron chi connectivity index (χ0n) is 20.2. The van der Waals surface area contributed by atoms with Crippen molar-refractivity contribution in [2.24, 2.45) is 4.99 Å². The fraction of sp³-hybridized carbons (Fsp3) is 0.310. The second-order valence-electron chi connectivity index (χ2n) is 8.57. The van der Waals surface area contributed by atoms with Gasteiger partial charge in [-0.25, -0.2) is 4.99 Å². The molecule has 4 rings (SSSR count). The van der Waals surface area contributed by atoms with Crippen LogP contribution in [0.4, 0.5) is 5.69 Å². The minimum Gasteiger partial charge on any atom is -0.354 e. The molecule has 0 radical (unpaired) electrons. The molecule has 0 N–H and O–H groups in total. The van der Waals surface area contributed by atoms with Crippen molar-refractivity contribution in [1.82, 2.24) is 14.7 Å². The highest BCUT2D eigenvalue weighted by atomic mass is 16.2. The zero-order chi connectivity index (χ0) is 23.8. The molecule has 0 unspecified atom stereocenters. The van der Waals surface area contributed by atoms with Crippen LogP contribution >= 0.6 is 0 Å². The Morgan fingerprint density at radius 2 is 1.32 bits per heavy atom. The Labute approximate surface area is 203 Å². The summed E-state index contributed by atoms with van der Waals surface area (Å²) in [5.74, 6) is 1.04. The maximum absolute atomic E-state index is 12.7. The van der Waals surface area contributed by atoms with E-state index in [1.54, 1.807) is 0 Å². The molecule has 1 saturated heterocycles. The number of nitrogens with zero attached hydrogens (tertiary/aromatic N) is 4. The van der Waals surface area contributed by atoms with E-state index in [0.717, 1.165) is 55.4 Å². The van der Waals surface area contributed by atoms with Crippen molar-refractivity contribution in [3.63, 3.8) is 0 Å². The van der Waals surface area contributed by atoms with Gasteiger partial charge < -0.3 is 9.80 Å². The fourth-order valence-electron chi connectivity index (χ4n) is 4.36. The average Bonchev–Trinajstić information content (AvgIpc) is 2.90. The van der Waals surface area contributed by atoms with E-state index < -0.39 is 0 Å². The van der Waals surface area contributed by atoms with Crippen molar-refractivity contribution in [1.29, 1.82) is 0 Å².